The Morgan fingerprint density at radius 3 is 2.62 bits per heavy atom. The number of aliphatic imine (C=N–C) groups is 1. The molecule has 0 saturated carbocycles. The van der Waals surface area contributed by atoms with Crippen molar-refractivity contribution in [1.29, 1.82) is 0 Å². The predicted octanol–water partition coefficient (Wildman–Crippen LogP) is 4.57. The van der Waals surface area contributed by atoms with Crippen molar-refractivity contribution in [2.45, 2.75) is 39.2 Å². The Morgan fingerprint density at radius 1 is 1.21 bits per heavy atom. The van der Waals surface area contributed by atoms with Gasteiger partial charge < -0.3 is 4.79 Å². The number of H-pyrrole nitrogens is 1. The molecule has 1 aromatic heterocycles. The Hall–Kier alpha value is -3.41. The third-order valence-electron chi connectivity index (χ3n) is 5.44. The van der Waals surface area contributed by atoms with Crippen molar-refractivity contribution >= 4 is 23.6 Å². The van der Waals surface area contributed by atoms with Crippen molar-refractivity contribution in [2.75, 3.05) is 5.01 Å². The molecular formula is C23H25N5O. The van der Waals surface area contributed by atoms with Crippen LogP contribution in [0.4, 0.5) is 11.5 Å². The minimum absolute atomic E-state index is 0.444. The van der Waals surface area contributed by atoms with E-state index in [1.807, 2.05) is 42.3 Å². The first-order chi connectivity index (χ1) is 14.1. The standard InChI is InChI=1S/C23H25N5O/c1-4-15(2)17-9-11-18(12-10-17)28-21(14-29)19-7-5-6-8-20(19)23(27-28)24-22-13-16(3)25-26-22/h5-15,21H,4H2,1-3H3,(H2,24,25,26,27). The van der Waals surface area contributed by atoms with E-state index in [1.165, 1.54) is 5.56 Å². The lowest BCUT2D eigenvalue weighted by Gasteiger charge is -2.37. The van der Waals surface area contributed by atoms with Gasteiger partial charge in [-0.25, -0.2) is 4.99 Å². The van der Waals surface area contributed by atoms with Gasteiger partial charge in [0.15, 0.2) is 11.7 Å². The molecule has 148 valence electrons. The maximum Gasteiger partial charge on any atom is 0.176 e. The monoisotopic (exact) mass is 387 g/mol. The molecular weight excluding hydrogens is 362 g/mol. The number of nitrogens with one attached hydrogen (secondary N) is 2. The number of benzene rings is 2. The second kappa shape index (κ2) is 7.91. The van der Waals surface area contributed by atoms with Crippen LogP contribution in [0.2, 0.25) is 0 Å². The fourth-order valence-corrected chi connectivity index (χ4v) is 3.57. The summed E-state index contributed by atoms with van der Waals surface area (Å²) in [5.74, 6) is 1.76. The van der Waals surface area contributed by atoms with Gasteiger partial charge >= 0.3 is 0 Å². The number of nitrogens with zero attached hydrogens (tertiary/aromatic N) is 3. The molecule has 0 spiro atoms. The molecule has 0 bridgehead atoms. The Kier molecular flexibility index (Phi) is 5.16. The zero-order valence-corrected chi connectivity index (χ0v) is 16.9. The molecule has 2 aromatic carbocycles. The molecule has 0 aliphatic carbocycles. The van der Waals surface area contributed by atoms with Gasteiger partial charge in [0.1, 0.15) is 12.3 Å². The van der Waals surface area contributed by atoms with Crippen LogP contribution in [0.5, 0.6) is 0 Å². The molecule has 1 aliphatic rings. The first-order valence-corrected chi connectivity index (χ1v) is 9.91. The molecule has 2 unspecified atom stereocenters. The normalized spacial score (nSPS) is 18.2. The minimum atomic E-state index is -0.444. The smallest absolute Gasteiger partial charge is 0.176 e. The van der Waals surface area contributed by atoms with Crippen LogP contribution in [0.25, 0.3) is 0 Å². The Morgan fingerprint density at radius 2 is 1.97 bits per heavy atom. The quantitative estimate of drug-likeness (QED) is 0.629. The van der Waals surface area contributed by atoms with Crippen LogP contribution in [-0.2, 0) is 4.79 Å². The Balaban J connectivity index is 1.76. The van der Waals surface area contributed by atoms with Crippen molar-refractivity contribution in [3.63, 3.8) is 0 Å². The number of carbonyl (C=O) groups excluding carboxylic acids is 1. The highest BCUT2D eigenvalue weighted by atomic mass is 16.1. The molecule has 2 atom stereocenters. The highest BCUT2D eigenvalue weighted by Crippen LogP contribution is 2.32. The second-order valence-corrected chi connectivity index (χ2v) is 7.42. The minimum Gasteiger partial charge on any atom is -0.301 e. The molecule has 1 aliphatic heterocycles. The van der Waals surface area contributed by atoms with Crippen LogP contribution >= 0.6 is 0 Å². The third-order valence-corrected chi connectivity index (χ3v) is 5.44. The van der Waals surface area contributed by atoms with Crippen molar-refractivity contribution in [3.05, 3.63) is 77.0 Å². The number of rotatable bonds is 5. The van der Waals surface area contributed by atoms with Gasteiger partial charge in [-0.15, -0.1) is 0 Å². The molecule has 2 heterocycles. The molecule has 6 heteroatoms. The van der Waals surface area contributed by atoms with Gasteiger partial charge in [-0.3, -0.25) is 15.5 Å². The number of carbonyl (C=O) groups is 1. The van der Waals surface area contributed by atoms with E-state index in [2.05, 4.69) is 58.7 Å². The first-order valence-electron chi connectivity index (χ1n) is 9.91. The molecule has 2 N–H and O–H groups in total. The molecule has 0 saturated heterocycles. The summed E-state index contributed by atoms with van der Waals surface area (Å²) in [6.45, 7) is 6.34. The topological polar surface area (TPSA) is 73.4 Å². The maximum atomic E-state index is 12.1. The summed E-state index contributed by atoms with van der Waals surface area (Å²) in [4.78, 5) is 16.7. The summed E-state index contributed by atoms with van der Waals surface area (Å²) in [5.41, 5.74) is 8.30. The van der Waals surface area contributed by atoms with Crippen molar-refractivity contribution in [1.82, 2.24) is 15.6 Å². The summed E-state index contributed by atoms with van der Waals surface area (Å²) in [6, 6.07) is 17.6. The largest absolute Gasteiger partial charge is 0.301 e. The summed E-state index contributed by atoms with van der Waals surface area (Å²) < 4.78 is 0. The Bertz CT molecular complexity index is 1040. The van der Waals surface area contributed by atoms with Gasteiger partial charge in [0.2, 0.25) is 0 Å². The van der Waals surface area contributed by atoms with E-state index in [0.29, 0.717) is 17.6 Å². The molecule has 0 amide bonds. The maximum absolute atomic E-state index is 12.1. The zero-order chi connectivity index (χ0) is 20.4. The summed E-state index contributed by atoms with van der Waals surface area (Å²) >= 11 is 0. The Labute approximate surface area is 170 Å². The molecule has 6 nitrogen and oxygen atoms in total. The van der Waals surface area contributed by atoms with E-state index >= 15 is 0 Å². The number of hydrogen-bond donors (Lipinski definition) is 2. The van der Waals surface area contributed by atoms with Gasteiger partial charge in [-0.05, 0) is 42.5 Å². The number of aromatic amines is 1. The van der Waals surface area contributed by atoms with E-state index in [-0.39, 0.29) is 0 Å². The lowest BCUT2D eigenvalue weighted by Crippen LogP contribution is -2.50. The molecule has 4 rings (SSSR count). The fourth-order valence-electron chi connectivity index (χ4n) is 3.57. The van der Waals surface area contributed by atoms with Crippen LogP contribution in [0.3, 0.4) is 0 Å². The van der Waals surface area contributed by atoms with Crippen molar-refractivity contribution < 1.29 is 4.79 Å². The summed E-state index contributed by atoms with van der Waals surface area (Å²) in [6.07, 6.45) is 2.05. The number of fused-ring (bicyclic) bond motifs is 1. The van der Waals surface area contributed by atoms with Crippen LogP contribution < -0.4 is 10.4 Å². The lowest BCUT2D eigenvalue weighted by atomic mass is 9.96. The summed E-state index contributed by atoms with van der Waals surface area (Å²) in [5, 5.41) is 9.00. The molecule has 3 aromatic rings. The lowest BCUT2D eigenvalue weighted by molar-refractivity contribution is -0.109. The van der Waals surface area contributed by atoms with Crippen LogP contribution in [0.15, 0.2) is 59.6 Å². The van der Waals surface area contributed by atoms with Gasteiger partial charge in [0, 0.05) is 17.3 Å². The van der Waals surface area contributed by atoms with Crippen molar-refractivity contribution in [3.8, 4) is 0 Å². The number of aldehydes is 1. The fraction of sp³-hybridized carbons (Fsp3) is 0.261. The number of hydrazine groups is 1. The van der Waals surface area contributed by atoms with E-state index in [9.17, 15) is 4.79 Å². The zero-order valence-electron chi connectivity index (χ0n) is 16.9. The third kappa shape index (κ3) is 3.66. The van der Waals surface area contributed by atoms with Gasteiger partial charge in [0.25, 0.3) is 0 Å². The molecule has 29 heavy (non-hydrogen) atoms. The van der Waals surface area contributed by atoms with Crippen LogP contribution in [-0.4, -0.2) is 22.3 Å². The SMILES string of the molecule is CCC(C)c1ccc(N2NC(=Nc3cc(C)[nH]n3)c3ccccc3C2C=O)cc1. The molecule has 0 radical (unpaired) electrons. The first kappa shape index (κ1) is 18.9. The van der Waals surface area contributed by atoms with Gasteiger partial charge in [-0.1, -0.05) is 50.2 Å². The highest BCUT2D eigenvalue weighted by molar-refractivity contribution is 6.05. The predicted molar refractivity (Wildman–Crippen MR) is 116 cm³/mol. The van der Waals surface area contributed by atoms with E-state index in [0.717, 1.165) is 35.2 Å². The number of amidine groups is 1. The van der Waals surface area contributed by atoms with Crippen LogP contribution in [0.1, 0.15) is 54.6 Å². The summed E-state index contributed by atoms with van der Waals surface area (Å²) in [7, 11) is 0. The van der Waals surface area contributed by atoms with Gasteiger partial charge in [0.05, 0.1) is 5.69 Å². The van der Waals surface area contributed by atoms with Gasteiger partial charge in [-0.2, -0.15) is 5.10 Å². The highest BCUT2D eigenvalue weighted by Gasteiger charge is 2.31. The van der Waals surface area contributed by atoms with E-state index in [1.54, 1.807) is 0 Å². The average Bonchev–Trinajstić information content (AvgIpc) is 3.17. The second-order valence-electron chi connectivity index (χ2n) is 7.42. The average molecular weight is 387 g/mol. The number of aromatic nitrogens is 2. The van der Waals surface area contributed by atoms with E-state index in [4.69, 9.17) is 0 Å². The van der Waals surface area contributed by atoms with Crippen LogP contribution in [0, 0.1) is 6.92 Å². The molecule has 0 fully saturated rings. The van der Waals surface area contributed by atoms with Crippen molar-refractivity contribution in [2.24, 2.45) is 4.99 Å². The van der Waals surface area contributed by atoms with E-state index < -0.39 is 6.04 Å². The number of hydrogen-bond acceptors (Lipinski definition) is 4. The number of anilines is 1. The number of aryl methyl sites for hydroxylation is 1.